The summed E-state index contributed by atoms with van der Waals surface area (Å²) in [7, 11) is 0. The Bertz CT molecular complexity index is 662. The van der Waals surface area contributed by atoms with E-state index in [1.54, 1.807) is 42.5 Å². The first-order valence-electron chi connectivity index (χ1n) is 6.72. The number of rotatable bonds is 7. The molecule has 0 saturated heterocycles. The largest absolute Gasteiger partial charge is 0.493 e. The van der Waals surface area contributed by atoms with Crippen molar-refractivity contribution in [1.29, 1.82) is 0 Å². The molecule has 0 aromatic heterocycles. The van der Waals surface area contributed by atoms with Gasteiger partial charge in [-0.2, -0.15) is 0 Å². The number of halogens is 2. The molecule has 2 N–H and O–H groups in total. The lowest BCUT2D eigenvalue weighted by molar-refractivity contribution is 0.0698. The van der Waals surface area contributed by atoms with Crippen molar-refractivity contribution in [3.63, 3.8) is 0 Å². The third-order valence-electron chi connectivity index (χ3n) is 2.95. The normalized spacial score (nSPS) is 10.3. The zero-order chi connectivity index (χ0) is 15.9. The molecular weight excluding hydrogens is 325 g/mol. The van der Waals surface area contributed by atoms with Crippen LogP contribution in [0.1, 0.15) is 16.8 Å². The fraction of sp³-hybridized carbons (Fsp3) is 0.188. The quantitative estimate of drug-likeness (QED) is 0.725. The number of ether oxygens (including phenoxy) is 1. The molecule has 0 fully saturated rings. The highest BCUT2D eigenvalue weighted by atomic mass is 35.5. The first kappa shape index (κ1) is 16.5. The van der Waals surface area contributed by atoms with Gasteiger partial charge in [-0.25, -0.2) is 4.79 Å². The van der Waals surface area contributed by atoms with E-state index < -0.39 is 5.97 Å². The van der Waals surface area contributed by atoms with Gasteiger partial charge >= 0.3 is 5.97 Å². The summed E-state index contributed by atoms with van der Waals surface area (Å²) in [6.45, 7) is 1.09. The predicted molar refractivity (Wildman–Crippen MR) is 88.5 cm³/mol. The Hall–Kier alpha value is -1.91. The van der Waals surface area contributed by atoms with Crippen LogP contribution in [0, 0.1) is 0 Å². The molecule has 2 aromatic rings. The molecule has 0 unspecified atom stereocenters. The number of carbonyl (C=O) groups is 1. The van der Waals surface area contributed by atoms with E-state index in [2.05, 4.69) is 5.32 Å². The monoisotopic (exact) mass is 339 g/mol. The molecule has 0 heterocycles. The predicted octanol–water partition coefficient (Wildman–Crippen LogP) is 4.57. The van der Waals surface area contributed by atoms with E-state index in [0.29, 0.717) is 41.1 Å². The van der Waals surface area contributed by atoms with Crippen LogP contribution >= 0.6 is 23.2 Å². The maximum Gasteiger partial charge on any atom is 0.337 e. The molecule has 0 aliphatic carbocycles. The average molecular weight is 340 g/mol. The fourth-order valence-corrected chi connectivity index (χ4v) is 2.16. The lowest BCUT2D eigenvalue weighted by atomic mass is 10.2. The van der Waals surface area contributed by atoms with Gasteiger partial charge in [0.15, 0.2) is 0 Å². The minimum atomic E-state index is -0.949. The molecule has 22 heavy (non-hydrogen) atoms. The maximum atomic E-state index is 11.1. The molecule has 0 atom stereocenters. The van der Waals surface area contributed by atoms with Crippen LogP contribution in [0.5, 0.6) is 5.75 Å². The number of carboxylic acid groups (broad SMARTS) is 1. The summed E-state index contributed by atoms with van der Waals surface area (Å²) < 4.78 is 5.56. The second-order valence-corrected chi connectivity index (χ2v) is 5.37. The van der Waals surface area contributed by atoms with Crippen LogP contribution in [-0.2, 0) is 0 Å². The second kappa shape index (κ2) is 7.92. The van der Waals surface area contributed by atoms with Crippen molar-refractivity contribution in [3.8, 4) is 5.75 Å². The standard InChI is InChI=1S/C16H15Cl2NO3/c17-13-7-6-11(10-14(13)18)22-9-3-8-19-15-5-2-1-4-12(15)16(20)21/h1-2,4-7,10,19H,3,8-9H2,(H,20,21). The summed E-state index contributed by atoms with van der Waals surface area (Å²) in [6.07, 6.45) is 0.716. The van der Waals surface area contributed by atoms with Gasteiger partial charge in [0.1, 0.15) is 5.75 Å². The van der Waals surface area contributed by atoms with Crippen molar-refractivity contribution in [2.75, 3.05) is 18.5 Å². The maximum absolute atomic E-state index is 11.1. The molecule has 0 radical (unpaired) electrons. The van der Waals surface area contributed by atoms with Gasteiger partial charge in [-0.15, -0.1) is 0 Å². The van der Waals surface area contributed by atoms with Crippen molar-refractivity contribution in [2.24, 2.45) is 0 Å². The van der Waals surface area contributed by atoms with Gasteiger partial charge in [0.05, 0.1) is 22.2 Å². The molecule has 0 spiro atoms. The Morgan fingerprint density at radius 2 is 1.91 bits per heavy atom. The number of carboxylic acids is 1. The van der Waals surface area contributed by atoms with Gasteiger partial charge in [-0.3, -0.25) is 0 Å². The lowest BCUT2D eigenvalue weighted by Crippen LogP contribution is -2.10. The number of aromatic carboxylic acids is 1. The van der Waals surface area contributed by atoms with E-state index in [1.165, 1.54) is 0 Å². The van der Waals surface area contributed by atoms with Crippen molar-refractivity contribution < 1.29 is 14.6 Å². The zero-order valence-electron chi connectivity index (χ0n) is 11.7. The molecule has 0 aliphatic rings. The van der Waals surface area contributed by atoms with E-state index in [-0.39, 0.29) is 5.56 Å². The Labute approximate surface area is 138 Å². The zero-order valence-corrected chi connectivity index (χ0v) is 13.2. The molecule has 0 aliphatic heterocycles. The summed E-state index contributed by atoms with van der Waals surface area (Å²) in [5.74, 6) is -0.296. The van der Waals surface area contributed by atoms with Crippen LogP contribution < -0.4 is 10.1 Å². The third kappa shape index (κ3) is 4.55. The molecule has 0 saturated carbocycles. The van der Waals surface area contributed by atoms with Crippen molar-refractivity contribution in [1.82, 2.24) is 0 Å². The Morgan fingerprint density at radius 1 is 1.14 bits per heavy atom. The van der Waals surface area contributed by atoms with Gasteiger partial charge in [-0.05, 0) is 30.7 Å². The molecule has 0 amide bonds. The van der Waals surface area contributed by atoms with Crippen molar-refractivity contribution >= 4 is 34.9 Å². The molecule has 0 bridgehead atoms. The number of nitrogens with one attached hydrogen (secondary N) is 1. The Kier molecular flexibility index (Phi) is 5.92. The minimum absolute atomic E-state index is 0.257. The lowest BCUT2D eigenvalue weighted by Gasteiger charge is -2.10. The summed E-state index contributed by atoms with van der Waals surface area (Å²) >= 11 is 11.7. The fourth-order valence-electron chi connectivity index (χ4n) is 1.88. The summed E-state index contributed by atoms with van der Waals surface area (Å²) in [6, 6.07) is 11.9. The molecule has 4 nitrogen and oxygen atoms in total. The number of anilines is 1. The van der Waals surface area contributed by atoms with Gasteiger partial charge < -0.3 is 15.2 Å². The van der Waals surface area contributed by atoms with E-state index in [1.807, 2.05) is 0 Å². The average Bonchev–Trinajstić information content (AvgIpc) is 2.50. The topological polar surface area (TPSA) is 58.6 Å². The van der Waals surface area contributed by atoms with Crippen LogP contribution in [0.15, 0.2) is 42.5 Å². The van der Waals surface area contributed by atoms with Crippen LogP contribution in [-0.4, -0.2) is 24.2 Å². The number of para-hydroxylation sites is 1. The van der Waals surface area contributed by atoms with Crippen molar-refractivity contribution in [2.45, 2.75) is 6.42 Å². The Morgan fingerprint density at radius 3 is 2.64 bits per heavy atom. The molecule has 2 aromatic carbocycles. The highest BCUT2D eigenvalue weighted by Gasteiger charge is 2.07. The molecule has 116 valence electrons. The van der Waals surface area contributed by atoms with Crippen LogP contribution in [0.2, 0.25) is 10.0 Å². The molecular formula is C16H15Cl2NO3. The smallest absolute Gasteiger partial charge is 0.337 e. The van der Waals surface area contributed by atoms with Gasteiger partial charge in [0.2, 0.25) is 0 Å². The summed E-state index contributed by atoms with van der Waals surface area (Å²) in [5, 5.41) is 13.1. The summed E-state index contributed by atoms with van der Waals surface area (Å²) in [5.41, 5.74) is 0.859. The number of benzene rings is 2. The third-order valence-corrected chi connectivity index (χ3v) is 3.69. The van der Waals surface area contributed by atoms with Crippen LogP contribution in [0.25, 0.3) is 0 Å². The van der Waals surface area contributed by atoms with Crippen LogP contribution in [0.4, 0.5) is 5.69 Å². The van der Waals surface area contributed by atoms with E-state index in [9.17, 15) is 4.79 Å². The van der Waals surface area contributed by atoms with Gasteiger partial charge in [-0.1, -0.05) is 35.3 Å². The minimum Gasteiger partial charge on any atom is -0.493 e. The Balaban J connectivity index is 1.78. The first-order valence-corrected chi connectivity index (χ1v) is 7.47. The number of hydrogen-bond donors (Lipinski definition) is 2. The van der Waals surface area contributed by atoms with Crippen LogP contribution in [0.3, 0.4) is 0 Å². The van der Waals surface area contributed by atoms with Gasteiger partial charge in [0.25, 0.3) is 0 Å². The first-order chi connectivity index (χ1) is 10.6. The summed E-state index contributed by atoms with van der Waals surface area (Å²) in [4.78, 5) is 11.1. The highest BCUT2D eigenvalue weighted by molar-refractivity contribution is 6.42. The molecule has 6 heteroatoms. The highest BCUT2D eigenvalue weighted by Crippen LogP contribution is 2.26. The number of hydrogen-bond acceptors (Lipinski definition) is 3. The van der Waals surface area contributed by atoms with Gasteiger partial charge in [0, 0.05) is 18.3 Å². The van der Waals surface area contributed by atoms with E-state index in [4.69, 9.17) is 33.0 Å². The van der Waals surface area contributed by atoms with E-state index >= 15 is 0 Å². The SMILES string of the molecule is O=C(O)c1ccccc1NCCCOc1ccc(Cl)c(Cl)c1. The molecule has 2 rings (SSSR count). The second-order valence-electron chi connectivity index (χ2n) is 4.56. The van der Waals surface area contributed by atoms with E-state index in [0.717, 1.165) is 0 Å². The van der Waals surface area contributed by atoms with Crippen molar-refractivity contribution in [3.05, 3.63) is 58.1 Å².